The number of alkyl halides is 2. The van der Waals surface area contributed by atoms with E-state index in [4.69, 9.17) is 14.5 Å². The summed E-state index contributed by atoms with van der Waals surface area (Å²) in [5.41, 5.74) is 0.894. The van der Waals surface area contributed by atoms with Crippen molar-refractivity contribution in [1.29, 1.82) is 0 Å². The molecule has 2 aliphatic heterocycles. The van der Waals surface area contributed by atoms with E-state index in [0.717, 1.165) is 23.2 Å². The van der Waals surface area contributed by atoms with Crippen molar-refractivity contribution >= 4 is 17.5 Å². The van der Waals surface area contributed by atoms with Crippen LogP contribution in [0.25, 0.3) is 5.78 Å². The molecule has 11 heteroatoms. The van der Waals surface area contributed by atoms with Crippen LogP contribution in [-0.2, 0) is 16.7 Å². The molecule has 2 bridgehead atoms. The summed E-state index contributed by atoms with van der Waals surface area (Å²) < 4.78 is 39.6. The number of rotatable bonds is 7. The topological polar surface area (TPSA) is 95.6 Å². The van der Waals surface area contributed by atoms with E-state index in [0.29, 0.717) is 12.4 Å². The summed E-state index contributed by atoms with van der Waals surface area (Å²) in [6, 6.07) is 1.46. The van der Waals surface area contributed by atoms with Crippen LogP contribution in [0.5, 0.6) is 5.88 Å². The molecule has 1 amide bonds. The third kappa shape index (κ3) is 3.60. The Kier molecular flexibility index (Phi) is 4.70. The molecule has 0 spiro atoms. The van der Waals surface area contributed by atoms with Crippen molar-refractivity contribution in [2.45, 2.75) is 63.7 Å². The van der Waals surface area contributed by atoms with Crippen LogP contribution >= 0.6 is 0 Å². The molecule has 6 rings (SSSR count). The predicted molar refractivity (Wildman–Crippen MR) is 110 cm³/mol. The van der Waals surface area contributed by atoms with Crippen molar-refractivity contribution in [3.8, 4) is 5.88 Å². The average molecular weight is 446 g/mol. The number of anilines is 1. The van der Waals surface area contributed by atoms with E-state index in [1.165, 1.54) is 12.3 Å². The van der Waals surface area contributed by atoms with E-state index >= 15 is 0 Å². The average Bonchev–Trinajstić information content (AvgIpc) is 3.42. The normalized spacial score (nSPS) is 24.3. The lowest BCUT2D eigenvalue weighted by atomic mass is 9.62. The number of carbonyl (C=O) groups excluding carboxylic acids is 1. The molecule has 3 aromatic heterocycles. The minimum Gasteiger partial charge on any atom is -0.474 e. The van der Waals surface area contributed by atoms with Gasteiger partial charge in [-0.3, -0.25) is 13.9 Å². The van der Waals surface area contributed by atoms with E-state index in [9.17, 15) is 13.6 Å². The number of halogens is 2. The SMILES string of the molecule is CC(C)Oc1nc2nc(C34COC(C)(C3)C4)cn2cc1C(=O)Nc1ccn(CC(F)F)n1. The number of imidazole rings is 1. The second-order valence-corrected chi connectivity index (χ2v) is 9.10. The molecular formula is C21H24F2N6O3. The van der Waals surface area contributed by atoms with Crippen LogP contribution in [0.4, 0.5) is 14.6 Å². The van der Waals surface area contributed by atoms with Crippen LogP contribution in [0.15, 0.2) is 24.7 Å². The molecule has 0 radical (unpaired) electrons. The summed E-state index contributed by atoms with van der Waals surface area (Å²) in [5, 5.41) is 6.58. The molecule has 0 unspecified atom stereocenters. The second kappa shape index (κ2) is 7.22. The lowest BCUT2D eigenvalue weighted by Crippen LogP contribution is -2.45. The van der Waals surface area contributed by atoms with E-state index in [2.05, 4.69) is 22.3 Å². The van der Waals surface area contributed by atoms with Gasteiger partial charge in [-0.15, -0.1) is 0 Å². The van der Waals surface area contributed by atoms with Crippen LogP contribution in [0.1, 0.15) is 49.7 Å². The minimum absolute atomic E-state index is 0.0755. The molecule has 3 fully saturated rings. The summed E-state index contributed by atoms with van der Waals surface area (Å²) in [4.78, 5) is 22.2. The molecule has 3 aliphatic rings. The first-order valence-electron chi connectivity index (χ1n) is 10.5. The number of amides is 1. The molecule has 3 aromatic rings. The Bertz CT molecular complexity index is 1180. The van der Waals surface area contributed by atoms with Gasteiger partial charge in [-0.1, -0.05) is 0 Å². The number of hydrogen-bond acceptors (Lipinski definition) is 6. The standard InChI is InChI=1S/C21H24F2N6O3/c1-12(2)32-18-13(17(30)25-16-4-5-29(27-16)8-15(22)23)6-28-7-14(24-19(28)26-18)21-9-20(3,10-21)31-11-21/h4-7,12,15H,8-11H2,1-3H3,(H,25,27,30). The van der Waals surface area contributed by atoms with E-state index in [1.54, 1.807) is 10.6 Å². The minimum atomic E-state index is -2.54. The van der Waals surface area contributed by atoms with Gasteiger partial charge in [-0.25, -0.2) is 13.8 Å². The quantitative estimate of drug-likeness (QED) is 0.599. The molecule has 2 saturated heterocycles. The fraction of sp³-hybridized carbons (Fsp3) is 0.524. The number of ether oxygens (including phenoxy) is 2. The summed E-state index contributed by atoms with van der Waals surface area (Å²) in [6.45, 7) is 5.85. The van der Waals surface area contributed by atoms with Crippen LogP contribution < -0.4 is 10.1 Å². The third-order valence-electron chi connectivity index (χ3n) is 5.88. The highest BCUT2D eigenvalue weighted by molar-refractivity contribution is 6.05. The van der Waals surface area contributed by atoms with Crippen molar-refractivity contribution in [3.05, 3.63) is 35.9 Å². The number of hydrogen-bond donors (Lipinski definition) is 1. The van der Waals surface area contributed by atoms with Gasteiger partial charge in [-0.2, -0.15) is 10.1 Å². The first kappa shape index (κ1) is 20.8. The molecule has 1 saturated carbocycles. The molecule has 32 heavy (non-hydrogen) atoms. The van der Waals surface area contributed by atoms with E-state index in [-0.39, 0.29) is 34.4 Å². The highest BCUT2D eigenvalue weighted by atomic mass is 19.3. The molecule has 1 aliphatic carbocycles. The van der Waals surface area contributed by atoms with Crippen LogP contribution in [-0.4, -0.2) is 54.8 Å². The maximum Gasteiger partial charge on any atom is 0.263 e. The molecule has 5 heterocycles. The Labute approximate surface area is 182 Å². The highest BCUT2D eigenvalue weighted by Crippen LogP contribution is 2.58. The molecular weight excluding hydrogens is 422 g/mol. The van der Waals surface area contributed by atoms with Gasteiger partial charge < -0.3 is 14.8 Å². The second-order valence-electron chi connectivity index (χ2n) is 9.10. The van der Waals surface area contributed by atoms with Gasteiger partial charge in [-0.05, 0) is 33.6 Å². The molecule has 0 aromatic carbocycles. The van der Waals surface area contributed by atoms with Crippen molar-refractivity contribution in [1.82, 2.24) is 24.1 Å². The number of aromatic nitrogens is 5. The lowest BCUT2D eigenvalue weighted by molar-refractivity contribution is 0.0154. The monoisotopic (exact) mass is 446 g/mol. The van der Waals surface area contributed by atoms with Crippen molar-refractivity contribution in [3.63, 3.8) is 0 Å². The highest BCUT2D eigenvalue weighted by Gasteiger charge is 2.61. The number of nitrogens with one attached hydrogen (secondary N) is 1. The Morgan fingerprint density at radius 2 is 2.09 bits per heavy atom. The van der Waals surface area contributed by atoms with Gasteiger partial charge in [0, 0.05) is 30.1 Å². The van der Waals surface area contributed by atoms with Crippen LogP contribution in [0.3, 0.4) is 0 Å². The van der Waals surface area contributed by atoms with Gasteiger partial charge in [0.1, 0.15) is 12.1 Å². The van der Waals surface area contributed by atoms with Crippen molar-refractivity contribution in [2.24, 2.45) is 0 Å². The summed E-state index contributed by atoms with van der Waals surface area (Å²) in [5.74, 6) is 0.232. The summed E-state index contributed by atoms with van der Waals surface area (Å²) >= 11 is 0. The van der Waals surface area contributed by atoms with Crippen molar-refractivity contribution < 1.29 is 23.0 Å². The zero-order chi connectivity index (χ0) is 22.7. The van der Waals surface area contributed by atoms with Crippen LogP contribution in [0.2, 0.25) is 0 Å². The predicted octanol–water partition coefficient (Wildman–Crippen LogP) is 3.05. The number of nitrogens with zero attached hydrogens (tertiary/aromatic N) is 5. The number of carbonyl (C=O) groups is 1. The fourth-order valence-electron chi connectivity index (χ4n) is 4.64. The maximum absolute atomic E-state index is 13.0. The largest absolute Gasteiger partial charge is 0.474 e. The number of fused-ring (bicyclic) bond motifs is 2. The summed E-state index contributed by atoms with van der Waals surface area (Å²) in [6.07, 6.45) is 3.94. The maximum atomic E-state index is 13.0. The van der Waals surface area contributed by atoms with Gasteiger partial charge in [0.25, 0.3) is 12.3 Å². The van der Waals surface area contributed by atoms with Gasteiger partial charge in [0.2, 0.25) is 11.7 Å². The summed E-state index contributed by atoms with van der Waals surface area (Å²) in [7, 11) is 0. The van der Waals surface area contributed by atoms with Crippen LogP contribution in [0, 0.1) is 0 Å². The smallest absolute Gasteiger partial charge is 0.263 e. The zero-order valence-corrected chi connectivity index (χ0v) is 18.0. The Balaban J connectivity index is 1.45. The fourth-order valence-corrected chi connectivity index (χ4v) is 4.64. The Morgan fingerprint density at radius 3 is 2.75 bits per heavy atom. The first-order chi connectivity index (χ1) is 15.1. The zero-order valence-electron chi connectivity index (χ0n) is 18.0. The van der Waals surface area contributed by atoms with Crippen molar-refractivity contribution in [2.75, 3.05) is 11.9 Å². The molecule has 9 nitrogen and oxygen atoms in total. The molecule has 1 N–H and O–H groups in total. The van der Waals surface area contributed by atoms with E-state index < -0.39 is 18.9 Å². The first-order valence-corrected chi connectivity index (χ1v) is 10.5. The lowest BCUT2D eigenvalue weighted by Gasteiger charge is -2.41. The molecule has 170 valence electrons. The van der Waals surface area contributed by atoms with Gasteiger partial charge >= 0.3 is 0 Å². The van der Waals surface area contributed by atoms with Gasteiger partial charge in [0.05, 0.1) is 24.0 Å². The Hall–Kier alpha value is -3.08. The van der Waals surface area contributed by atoms with Gasteiger partial charge in [0.15, 0.2) is 5.82 Å². The van der Waals surface area contributed by atoms with E-state index in [1.807, 2.05) is 20.0 Å². The molecule has 0 atom stereocenters. The third-order valence-corrected chi connectivity index (χ3v) is 5.88. The Morgan fingerprint density at radius 1 is 1.31 bits per heavy atom.